The minimum Gasteiger partial charge on any atom is -0.457 e. The molecular formula is C68H90F18N8O8. The molecular weight excluding hydrogens is 1400 g/mol. The second kappa shape index (κ2) is 37.7. The molecule has 18 N–H and O–H groups in total. The molecule has 8 rings (SSSR count). The molecule has 2 aromatic rings. The number of nitrogens with two attached hydrogens (primary N) is 8. The van der Waals surface area contributed by atoms with Crippen LogP contribution >= 0.6 is 0 Å². The summed E-state index contributed by atoms with van der Waals surface area (Å²) in [7, 11) is 0. The van der Waals surface area contributed by atoms with Gasteiger partial charge in [0.25, 0.3) is 11.8 Å². The van der Waals surface area contributed by atoms with Gasteiger partial charge < -0.3 is 65.6 Å². The van der Waals surface area contributed by atoms with Crippen LogP contribution in [0, 0.1) is 35.5 Å². The number of aliphatic hydroxyl groups is 2. The Morgan fingerprint density at radius 3 is 0.696 bits per heavy atom. The van der Waals surface area contributed by atoms with Crippen LogP contribution in [0.3, 0.4) is 0 Å². The average Bonchev–Trinajstić information content (AvgIpc) is 1.60. The Morgan fingerprint density at radius 2 is 0.539 bits per heavy atom. The fraction of sp³-hybridized carbons (Fsp3) is 0.588. The van der Waals surface area contributed by atoms with Gasteiger partial charge in [-0.05, 0) is 157 Å². The summed E-state index contributed by atoms with van der Waals surface area (Å²) in [5.74, 6) is -5.06. The van der Waals surface area contributed by atoms with E-state index in [-0.39, 0.29) is 108 Å². The van der Waals surface area contributed by atoms with Crippen molar-refractivity contribution in [3.8, 4) is 0 Å². The number of ether oxygens (including phenoxy) is 2. The van der Waals surface area contributed by atoms with E-state index in [0.717, 1.165) is 0 Å². The Kier molecular flexibility index (Phi) is 33.1. The van der Waals surface area contributed by atoms with Gasteiger partial charge in [0.15, 0.2) is 0 Å². The summed E-state index contributed by atoms with van der Waals surface area (Å²) in [6, 6.07) is 13.2. The minimum absolute atomic E-state index is 0.0317. The van der Waals surface area contributed by atoms with Crippen LogP contribution in [0.5, 0.6) is 0 Å². The van der Waals surface area contributed by atoms with Gasteiger partial charge in [-0.1, -0.05) is 102 Å². The maximum absolute atomic E-state index is 13.2. The first-order valence-electron chi connectivity index (χ1n) is 32.3. The van der Waals surface area contributed by atoms with E-state index in [0.29, 0.717) is 62.5 Å². The van der Waals surface area contributed by atoms with Crippen LogP contribution in [0.2, 0.25) is 0 Å². The van der Waals surface area contributed by atoms with Crippen molar-refractivity contribution in [3.63, 3.8) is 0 Å². The molecule has 102 heavy (non-hydrogen) atoms. The lowest BCUT2D eigenvalue weighted by Crippen LogP contribution is -2.31. The molecule has 34 heteroatoms. The molecule has 0 aliphatic heterocycles. The van der Waals surface area contributed by atoms with Gasteiger partial charge in [-0.15, -0.1) is 0 Å². The second-order valence-electron chi connectivity index (χ2n) is 26.7. The Hall–Kier alpha value is -6.82. The van der Waals surface area contributed by atoms with E-state index in [1.54, 1.807) is 74.5 Å². The summed E-state index contributed by atoms with van der Waals surface area (Å²) in [4.78, 5) is 45.4. The molecule has 0 bridgehead atoms. The zero-order valence-corrected chi connectivity index (χ0v) is 56.8. The van der Waals surface area contributed by atoms with Crippen LogP contribution in [-0.2, 0) is 41.9 Å². The zero-order chi connectivity index (χ0) is 78.1. The molecule has 0 heterocycles. The molecule has 0 spiro atoms. The molecule has 2 aromatic carbocycles. The Morgan fingerprint density at radius 1 is 0.343 bits per heavy atom. The van der Waals surface area contributed by atoms with Gasteiger partial charge in [-0.2, -0.15) is 79.0 Å². The van der Waals surface area contributed by atoms with Crippen LogP contribution < -0.4 is 45.9 Å². The van der Waals surface area contributed by atoms with E-state index < -0.39 is 144 Å². The Balaban J connectivity index is 0.000000322. The summed E-state index contributed by atoms with van der Waals surface area (Å²) in [5, 5.41) is 17.4. The minimum atomic E-state index is -4.76. The lowest BCUT2D eigenvalue weighted by molar-refractivity contribution is -0.153. The maximum Gasteiger partial charge on any atom is 0.423 e. The quantitative estimate of drug-likeness (QED) is 0.0458. The van der Waals surface area contributed by atoms with Gasteiger partial charge in [-0.25, -0.2) is 9.59 Å². The average molecular weight is 1490 g/mol. The van der Waals surface area contributed by atoms with E-state index >= 15 is 0 Å². The van der Waals surface area contributed by atoms with Gasteiger partial charge in [0.2, 0.25) is 0 Å². The first-order chi connectivity index (χ1) is 46.8. The fourth-order valence-electron chi connectivity index (χ4n) is 13.1. The first-order valence-corrected chi connectivity index (χ1v) is 32.3. The number of primary amides is 2. The molecule has 6 aliphatic carbocycles. The first kappa shape index (κ1) is 89.4. The fourth-order valence-corrected chi connectivity index (χ4v) is 13.1. The highest BCUT2D eigenvalue weighted by Crippen LogP contribution is 2.44. The van der Waals surface area contributed by atoms with E-state index in [1.165, 1.54) is 0 Å². The summed E-state index contributed by atoms with van der Waals surface area (Å²) in [5.41, 5.74) is 37.9. The smallest absolute Gasteiger partial charge is 0.423 e. The number of alkyl halides is 18. The van der Waals surface area contributed by atoms with E-state index in [9.17, 15) is 98.2 Å². The number of amides is 2. The van der Waals surface area contributed by atoms with Gasteiger partial charge in [-0.3, -0.25) is 9.59 Å². The van der Waals surface area contributed by atoms with Gasteiger partial charge in [0.1, 0.15) is 35.5 Å². The van der Waals surface area contributed by atoms with Gasteiger partial charge >= 0.3 is 49.0 Å². The molecule has 576 valence electrons. The van der Waals surface area contributed by atoms with Crippen LogP contribution in [0.15, 0.2) is 128 Å². The van der Waals surface area contributed by atoms with Crippen molar-refractivity contribution in [2.45, 2.75) is 205 Å². The largest absolute Gasteiger partial charge is 0.457 e. The molecule has 6 aliphatic rings. The lowest BCUT2D eigenvalue weighted by Gasteiger charge is -2.16. The zero-order valence-electron chi connectivity index (χ0n) is 56.8. The molecule has 0 unspecified atom stereocenters. The van der Waals surface area contributed by atoms with Crippen LogP contribution in [-0.4, -0.2) is 120 Å². The van der Waals surface area contributed by atoms with Crippen molar-refractivity contribution < 1.29 is 118 Å². The second-order valence-corrected chi connectivity index (χ2v) is 26.7. The maximum atomic E-state index is 13.2. The number of carbonyl (C=O) groups is 4. The molecule has 6 fully saturated rings. The monoisotopic (exact) mass is 1490 g/mol. The van der Waals surface area contributed by atoms with Crippen molar-refractivity contribution in [1.82, 2.24) is 0 Å². The highest BCUT2D eigenvalue weighted by molar-refractivity contribution is 5.95. The number of carbonyl (C=O) groups excluding carboxylic acids is 4. The predicted octanol–water partition coefficient (Wildman–Crippen LogP) is 12.1. The molecule has 0 radical (unpaired) electrons. The summed E-state index contributed by atoms with van der Waals surface area (Å²) in [6.07, 6.45) is -23.5. The number of benzene rings is 2. The lowest BCUT2D eigenvalue weighted by atomic mass is 10.0. The third-order valence-corrected chi connectivity index (χ3v) is 17.6. The summed E-state index contributed by atoms with van der Waals surface area (Å²) in [6.45, 7) is 8.60. The van der Waals surface area contributed by atoms with Crippen molar-refractivity contribution in [3.05, 3.63) is 139 Å². The van der Waals surface area contributed by atoms with E-state index in [2.05, 4.69) is 0 Å². The number of hydrogen-bond donors (Lipinski definition) is 10. The van der Waals surface area contributed by atoms with Crippen molar-refractivity contribution in [2.24, 2.45) is 81.4 Å². The Labute approximate surface area is 578 Å². The molecule has 12 atom stereocenters. The van der Waals surface area contributed by atoms with Crippen molar-refractivity contribution in [1.29, 1.82) is 0 Å². The molecule has 6 saturated carbocycles. The van der Waals surface area contributed by atoms with Crippen LogP contribution in [0.4, 0.5) is 79.0 Å². The van der Waals surface area contributed by atoms with Crippen LogP contribution in [0.25, 0.3) is 0 Å². The number of hydrogen-bond acceptors (Lipinski definition) is 14. The van der Waals surface area contributed by atoms with Gasteiger partial charge in [0, 0.05) is 36.3 Å². The summed E-state index contributed by atoms with van der Waals surface area (Å²) >= 11 is 0. The standard InChI is InChI=1S/2C16H18F3NO2.2C9H13F3N2O.2C9H14F3NO/c2*1-10-7-12(13(20)8-10)14(16(17,18)19)15(21)22-9-11-5-3-2-4-6-11;2*1-4-2-5(6(13)3-4)7(8(14)15)9(10,11)12;2*1-5-2-6(8(13)3-5)7(4-14)9(10,11)12/h2*2-6,10,13H,7-9,20H2,1H3;2*4,6H,2-3,13H2,1H3,(H2,14,15);2*5,8,14H,2-4,13H2,1H3/b14-12+;14-12-;7-5+;7-5-;7-6+;7-6-/t2*10-,13-;2*4-,6-;2*5-,8-/m000000/s1. The highest BCUT2D eigenvalue weighted by atomic mass is 19.4. The predicted molar refractivity (Wildman–Crippen MR) is 342 cm³/mol. The number of halogens is 18. The third-order valence-electron chi connectivity index (χ3n) is 17.6. The topological polar surface area (TPSA) is 335 Å². The number of esters is 2. The highest BCUT2D eigenvalue weighted by Gasteiger charge is 2.49. The normalized spacial score (nSPS) is 28.2. The van der Waals surface area contributed by atoms with E-state index in [4.69, 9.17) is 65.6 Å². The van der Waals surface area contributed by atoms with Crippen molar-refractivity contribution >= 4 is 23.8 Å². The van der Waals surface area contributed by atoms with Crippen LogP contribution in [0.1, 0.15) is 130 Å². The Bertz CT molecular complexity index is 3130. The molecule has 16 nitrogen and oxygen atoms in total. The van der Waals surface area contributed by atoms with Crippen molar-refractivity contribution in [2.75, 3.05) is 13.2 Å². The number of aliphatic hydroxyl groups excluding tert-OH is 2. The SMILES string of the molecule is C[C@H]1C/C(=C(/C(=O)OCc2ccccc2)C(F)(F)F)[C@@H](N)C1.C[C@H]1C/C(=C(/C(N)=O)C(F)(F)F)[C@@H](N)C1.C[C@H]1C/C(=C(/CO)C(F)(F)F)[C@@H](N)C1.C[C@H]1C/C(=C(\C(=O)OCc2ccccc2)C(F)(F)F)[C@@H](N)C1.C[C@H]1C/C(=C(\C(N)=O)C(F)(F)F)[C@@H](N)C1.C[C@H]1C/C(=C(\CO)C(F)(F)F)[C@@H](N)C1. The molecule has 0 aromatic heterocycles. The van der Waals surface area contributed by atoms with Gasteiger partial charge in [0.05, 0.1) is 24.4 Å². The summed E-state index contributed by atoms with van der Waals surface area (Å²) < 4.78 is 239. The molecule has 0 saturated heterocycles. The number of rotatable bonds is 10. The van der Waals surface area contributed by atoms with E-state index in [1.807, 2.05) is 27.7 Å². The third kappa shape index (κ3) is 27.0. The molecule has 2 amide bonds.